The lowest BCUT2D eigenvalue weighted by atomic mass is 10.2. The molecule has 0 saturated carbocycles. The minimum Gasteiger partial charge on any atom is -0.487 e. The molecule has 0 aliphatic rings. The van der Waals surface area contributed by atoms with Crippen LogP contribution in [0.2, 0.25) is 0 Å². The van der Waals surface area contributed by atoms with Crippen molar-refractivity contribution in [3.8, 4) is 5.75 Å². The number of hydrogen-bond acceptors (Lipinski definition) is 3. The highest BCUT2D eigenvalue weighted by atomic mass is 32.1. The maximum Gasteiger partial charge on any atom is 0.257 e. The molecule has 0 spiro atoms. The summed E-state index contributed by atoms with van der Waals surface area (Å²) in [5.74, 6) is -0.242. The van der Waals surface area contributed by atoms with Crippen LogP contribution in [0.15, 0.2) is 61.2 Å². The highest BCUT2D eigenvalue weighted by molar-refractivity contribution is 7.80. The van der Waals surface area contributed by atoms with E-state index in [4.69, 9.17) is 17.0 Å². The van der Waals surface area contributed by atoms with Crippen molar-refractivity contribution in [2.45, 2.75) is 0 Å². The molecule has 118 valence electrons. The first-order valence-electron chi connectivity index (χ1n) is 6.81. The first-order chi connectivity index (χ1) is 11.1. The number of carbonyl (C=O) groups excluding carboxylic acids is 1. The predicted octanol–water partition coefficient (Wildman–Crippen LogP) is 3.52. The normalized spacial score (nSPS) is 9.78. The van der Waals surface area contributed by atoms with Crippen LogP contribution in [0.4, 0.5) is 10.1 Å². The number of amides is 1. The average Bonchev–Trinajstić information content (AvgIpc) is 2.54. The Bertz CT molecular complexity index is 717. The van der Waals surface area contributed by atoms with Gasteiger partial charge < -0.3 is 10.1 Å². The van der Waals surface area contributed by atoms with Crippen LogP contribution in [-0.2, 0) is 0 Å². The molecule has 4 nitrogen and oxygen atoms in total. The van der Waals surface area contributed by atoms with E-state index < -0.39 is 11.7 Å². The van der Waals surface area contributed by atoms with Crippen LogP contribution in [0, 0.1) is 5.82 Å². The molecule has 0 aliphatic heterocycles. The fourth-order valence-electron chi connectivity index (χ4n) is 1.77. The van der Waals surface area contributed by atoms with Crippen LogP contribution in [0.3, 0.4) is 0 Å². The maximum absolute atomic E-state index is 12.9. The van der Waals surface area contributed by atoms with Gasteiger partial charge in [-0.25, -0.2) is 4.39 Å². The van der Waals surface area contributed by atoms with E-state index in [-0.39, 0.29) is 5.11 Å². The van der Waals surface area contributed by atoms with Crippen molar-refractivity contribution < 1.29 is 13.9 Å². The summed E-state index contributed by atoms with van der Waals surface area (Å²) in [6.07, 6.45) is 1.63. The number of halogens is 1. The molecule has 0 saturated heterocycles. The zero-order chi connectivity index (χ0) is 16.7. The summed E-state index contributed by atoms with van der Waals surface area (Å²) in [6.45, 7) is 3.95. The van der Waals surface area contributed by atoms with Gasteiger partial charge in [-0.15, -0.1) is 0 Å². The highest BCUT2D eigenvalue weighted by Crippen LogP contribution is 2.23. The second kappa shape index (κ2) is 8.05. The smallest absolute Gasteiger partial charge is 0.257 e. The number of anilines is 1. The molecule has 2 rings (SSSR count). The van der Waals surface area contributed by atoms with Crippen molar-refractivity contribution in [2.24, 2.45) is 0 Å². The van der Waals surface area contributed by atoms with E-state index in [9.17, 15) is 9.18 Å². The Labute approximate surface area is 139 Å². The summed E-state index contributed by atoms with van der Waals surface area (Å²) in [5.41, 5.74) is 0.936. The summed E-state index contributed by atoms with van der Waals surface area (Å²) >= 11 is 5.12. The molecule has 2 aromatic rings. The molecule has 0 aliphatic carbocycles. The van der Waals surface area contributed by atoms with E-state index in [2.05, 4.69) is 17.2 Å². The lowest BCUT2D eigenvalue weighted by molar-refractivity contribution is 0.0977. The van der Waals surface area contributed by atoms with E-state index in [1.54, 1.807) is 18.2 Å². The minimum atomic E-state index is -0.424. The Balaban J connectivity index is 2.00. The molecule has 0 radical (unpaired) electrons. The Morgan fingerprint density at radius 1 is 1.22 bits per heavy atom. The van der Waals surface area contributed by atoms with Gasteiger partial charge in [0.2, 0.25) is 0 Å². The van der Waals surface area contributed by atoms with Gasteiger partial charge in [-0.3, -0.25) is 10.1 Å². The van der Waals surface area contributed by atoms with Gasteiger partial charge in [-0.2, -0.15) is 0 Å². The van der Waals surface area contributed by atoms with Gasteiger partial charge in [-0.1, -0.05) is 24.8 Å². The standard InChI is InChI=1S/C17H15FN2O2S/c1-2-11-22-15-6-4-3-5-14(15)19-17(23)20-16(21)12-7-9-13(18)10-8-12/h2-10H,1,11H2,(H2,19,20,21,23). The average molecular weight is 330 g/mol. The van der Waals surface area contributed by atoms with E-state index in [0.29, 0.717) is 23.6 Å². The third kappa shape index (κ3) is 4.89. The molecule has 1 amide bonds. The monoisotopic (exact) mass is 330 g/mol. The van der Waals surface area contributed by atoms with Gasteiger partial charge in [-0.05, 0) is 48.6 Å². The van der Waals surface area contributed by atoms with Crippen LogP contribution < -0.4 is 15.4 Å². The second-order valence-electron chi connectivity index (χ2n) is 4.51. The van der Waals surface area contributed by atoms with Crippen molar-refractivity contribution in [3.05, 3.63) is 72.6 Å². The number of nitrogens with one attached hydrogen (secondary N) is 2. The summed E-state index contributed by atoms with van der Waals surface area (Å²) in [4.78, 5) is 12.0. The summed E-state index contributed by atoms with van der Waals surface area (Å²) in [7, 11) is 0. The van der Waals surface area contributed by atoms with Gasteiger partial charge in [0.15, 0.2) is 5.11 Å². The van der Waals surface area contributed by atoms with Gasteiger partial charge in [0.05, 0.1) is 5.69 Å². The van der Waals surface area contributed by atoms with Gasteiger partial charge >= 0.3 is 0 Å². The third-order valence-corrected chi connectivity index (χ3v) is 3.03. The van der Waals surface area contributed by atoms with E-state index in [1.807, 2.05) is 12.1 Å². The molecule has 0 aromatic heterocycles. The van der Waals surface area contributed by atoms with Crippen LogP contribution in [0.1, 0.15) is 10.4 Å². The maximum atomic E-state index is 12.9. The molecule has 2 N–H and O–H groups in total. The Hall–Kier alpha value is -2.73. The number of carbonyl (C=O) groups is 1. The molecule has 0 atom stereocenters. The van der Waals surface area contributed by atoms with Gasteiger partial charge in [0.1, 0.15) is 18.2 Å². The molecule has 0 unspecified atom stereocenters. The fourth-order valence-corrected chi connectivity index (χ4v) is 1.98. The summed E-state index contributed by atoms with van der Waals surface area (Å²) < 4.78 is 18.4. The second-order valence-corrected chi connectivity index (χ2v) is 4.92. The number of ether oxygens (including phenoxy) is 1. The molecular weight excluding hydrogens is 315 g/mol. The lowest BCUT2D eigenvalue weighted by Gasteiger charge is -2.13. The number of para-hydroxylation sites is 2. The third-order valence-electron chi connectivity index (χ3n) is 2.83. The van der Waals surface area contributed by atoms with Gasteiger partial charge in [0, 0.05) is 5.56 Å². The number of benzene rings is 2. The molecule has 23 heavy (non-hydrogen) atoms. The first kappa shape index (κ1) is 16.6. The van der Waals surface area contributed by atoms with Gasteiger partial charge in [0.25, 0.3) is 5.91 Å². The van der Waals surface area contributed by atoms with Crippen LogP contribution in [0.5, 0.6) is 5.75 Å². The Kier molecular flexibility index (Phi) is 5.82. The molecule has 0 fully saturated rings. The zero-order valence-electron chi connectivity index (χ0n) is 12.2. The van der Waals surface area contributed by atoms with Crippen LogP contribution >= 0.6 is 12.2 Å². The van der Waals surface area contributed by atoms with E-state index >= 15 is 0 Å². The molecular formula is C17H15FN2O2S. The molecule has 0 heterocycles. The number of hydrogen-bond donors (Lipinski definition) is 2. The zero-order valence-corrected chi connectivity index (χ0v) is 13.0. The molecule has 2 aromatic carbocycles. The van der Waals surface area contributed by atoms with E-state index in [1.165, 1.54) is 24.3 Å². The summed E-state index contributed by atoms with van der Waals surface area (Å²) in [5, 5.41) is 5.55. The highest BCUT2D eigenvalue weighted by Gasteiger charge is 2.10. The molecule has 0 bridgehead atoms. The van der Waals surface area contributed by atoms with Crippen LogP contribution in [-0.4, -0.2) is 17.6 Å². The van der Waals surface area contributed by atoms with Crippen molar-refractivity contribution in [3.63, 3.8) is 0 Å². The first-order valence-corrected chi connectivity index (χ1v) is 7.21. The number of thiocarbonyl (C=S) groups is 1. The van der Waals surface area contributed by atoms with Crippen molar-refractivity contribution in [1.29, 1.82) is 0 Å². The largest absolute Gasteiger partial charge is 0.487 e. The van der Waals surface area contributed by atoms with Crippen molar-refractivity contribution >= 4 is 28.9 Å². The predicted molar refractivity (Wildman–Crippen MR) is 92.2 cm³/mol. The summed E-state index contributed by atoms with van der Waals surface area (Å²) in [6, 6.07) is 12.4. The van der Waals surface area contributed by atoms with E-state index in [0.717, 1.165) is 0 Å². The van der Waals surface area contributed by atoms with Crippen molar-refractivity contribution in [1.82, 2.24) is 5.32 Å². The van der Waals surface area contributed by atoms with Crippen molar-refractivity contribution in [2.75, 3.05) is 11.9 Å². The molecule has 6 heteroatoms. The quantitative estimate of drug-likeness (QED) is 0.651. The fraction of sp³-hybridized carbons (Fsp3) is 0.0588. The Morgan fingerprint density at radius 3 is 2.61 bits per heavy atom. The lowest BCUT2D eigenvalue weighted by Crippen LogP contribution is -2.34. The topological polar surface area (TPSA) is 50.4 Å². The van der Waals surface area contributed by atoms with Crippen LogP contribution in [0.25, 0.3) is 0 Å². The number of rotatable bonds is 5. The SMILES string of the molecule is C=CCOc1ccccc1NC(=S)NC(=O)c1ccc(F)cc1. The Morgan fingerprint density at radius 2 is 1.91 bits per heavy atom. The minimum absolute atomic E-state index is 0.119.